The van der Waals surface area contributed by atoms with Crippen LogP contribution >= 0.6 is 0 Å². The molecule has 0 aliphatic carbocycles. The number of nitrogens with one attached hydrogen (secondary N) is 1. The lowest BCUT2D eigenvalue weighted by atomic mass is 9.88. The Morgan fingerprint density at radius 3 is 2.54 bits per heavy atom. The highest BCUT2D eigenvalue weighted by molar-refractivity contribution is 5.48. The minimum absolute atomic E-state index is 0.300. The van der Waals surface area contributed by atoms with E-state index >= 15 is 0 Å². The van der Waals surface area contributed by atoms with Gasteiger partial charge in [0.1, 0.15) is 0 Å². The largest absolute Gasteiger partial charge is 0.372 e. The lowest BCUT2D eigenvalue weighted by molar-refractivity contribution is 0.0873. The van der Waals surface area contributed by atoms with E-state index in [1.165, 1.54) is 56.7 Å². The quantitative estimate of drug-likeness (QED) is 0.913. The first-order valence-electron chi connectivity index (χ1n) is 9.72. The van der Waals surface area contributed by atoms with Gasteiger partial charge in [-0.25, -0.2) is 0 Å². The number of anilines is 1. The molecule has 0 amide bonds. The van der Waals surface area contributed by atoms with Gasteiger partial charge in [-0.2, -0.15) is 0 Å². The summed E-state index contributed by atoms with van der Waals surface area (Å²) in [6, 6.07) is 9.63. The average molecular weight is 330 g/mol. The highest BCUT2D eigenvalue weighted by Crippen LogP contribution is 2.27. The molecule has 0 saturated carbocycles. The standard InChI is InChI=1S/C21H35N3/c1-17-6-5-7-20(14-17)23-11-8-18(9-12-23)15-19-16-24(13-10-22-19)21(2,3)4/h5-7,14,18-19,22H,8-13,15-16H2,1-4H3. The van der Waals surface area contributed by atoms with Gasteiger partial charge in [0.15, 0.2) is 0 Å². The third-order valence-corrected chi connectivity index (χ3v) is 5.80. The van der Waals surface area contributed by atoms with Gasteiger partial charge in [-0.1, -0.05) is 12.1 Å². The van der Waals surface area contributed by atoms with Crippen LogP contribution in [-0.2, 0) is 0 Å². The van der Waals surface area contributed by atoms with Gasteiger partial charge in [-0.05, 0) is 70.6 Å². The second-order valence-corrected chi connectivity index (χ2v) is 8.77. The van der Waals surface area contributed by atoms with Crippen LogP contribution in [0.2, 0.25) is 0 Å². The number of benzene rings is 1. The number of hydrogen-bond acceptors (Lipinski definition) is 3. The van der Waals surface area contributed by atoms with Gasteiger partial charge in [-0.15, -0.1) is 0 Å². The first kappa shape index (κ1) is 17.8. The zero-order valence-corrected chi connectivity index (χ0v) is 16.0. The maximum atomic E-state index is 3.76. The number of rotatable bonds is 3. The predicted molar refractivity (Wildman–Crippen MR) is 104 cm³/mol. The Bertz CT molecular complexity index is 526. The molecule has 0 bridgehead atoms. The Morgan fingerprint density at radius 1 is 1.12 bits per heavy atom. The van der Waals surface area contributed by atoms with E-state index in [1.54, 1.807) is 0 Å². The van der Waals surface area contributed by atoms with E-state index in [4.69, 9.17) is 0 Å². The zero-order chi connectivity index (χ0) is 17.2. The first-order chi connectivity index (χ1) is 11.4. The molecule has 3 heteroatoms. The van der Waals surface area contributed by atoms with Crippen LogP contribution in [0.1, 0.15) is 45.6 Å². The molecule has 0 aromatic heterocycles. The van der Waals surface area contributed by atoms with Crippen molar-refractivity contribution >= 4 is 5.69 Å². The van der Waals surface area contributed by atoms with Gasteiger partial charge in [0.2, 0.25) is 0 Å². The van der Waals surface area contributed by atoms with Crippen LogP contribution in [0.25, 0.3) is 0 Å². The molecular weight excluding hydrogens is 294 g/mol. The summed E-state index contributed by atoms with van der Waals surface area (Å²) in [5.41, 5.74) is 3.07. The Hall–Kier alpha value is -1.06. The summed E-state index contributed by atoms with van der Waals surface area (Å²) in [6.45, 7) is 15.2. The van der Waals surface area contributed by atoms with E-state index in [1.807, 2.05) is 0 Å². The Labute approximate surface area is 148 Å². The van der Waals surface area contributed by atoms with Gasteiger partial charge < -0.3 is 10.2 Å². The number of piperazine rings is 1. The van der Waals surface area contributed by atoms with Crippen molar-refractivity contribution in [3.63, 3.8) is 0 Å². The maximum Gasteiger partial charge on any atom is 0.0368 e. The molecule has 3 nitrogen and oxygen atoms in total. The fraction of sp³-hybridized carbons (Fsp3) is 0.714. The molecule has 2 fully saturated rings. The van der Waals surface area contributed by atoms with E-state index in [0.717, 1.165) is 12.5 Å². The molecule has 1 unspecified atom stereocenters. The van der Waals surface area contributed by atoms with Crippen molar-refractivity contribution in [3.05, 3.63) is 29.8 Å². The van der Waals surface area contributed by atoms with Crippen molar-refractivity contribution in [3.8, 4) is 0 Å². The minimum atomic E-state index is 0.300. The van der Waals surface area contributed by atoms with Crippen LogP contribution in [0.3, 0.4) is 0 Å². The number of nitrogens with zero attached hydrogens (tertiary/aromatic N) is 2. The van der Waals surface area contributed by atoms with Crippen LogP contribution in [0.5, 0.6) is 0 Å². The average Bonchev–Trinajstić information content (AvgIpc) is 2.55. The summed E-state index contributed by atoms with van der Waals surface area (Å²) < 4.78 is 0. The molecule has 2 aliphatic heterocycles. The normalized spacial score (nSPS) is 24.3. The van der Waals surface area contributed by atoms with Crippen molar-refractivity contribution in [1.29, 1.82) is 0 Å². The van der Waals surface area contributed by atoms with Gasteiger partial charge >= 0.3 is 0 Å². The van der Waals surface area contributed by atoms with Crippen molar-refractivity contribution < 1.29 is 0 Å². The van der Waals surface area contributed by atoms with Crippen LogP contribution < -0.4 is 10.2 Å². The molecular formula is C21H35N3. The van der Waals surface area contributed by atoms with Crippen LogP contribution in [0.15, 0.2) is 24.3 Å². The molecule has 1 aromatic rings. The molecule has 2 saturated heterocycles. The van der Waals surface area contributed by atoms with Crippen LogP contribution in [-0.4, -0.2) is 49.2 Å². The highest BCUT2D eigenvalue weighted by Gasteiger charge is 2.30. The first-order valence-corrected chi connectivity index (χ1v) is 9.72. The lowest BCUT2D eigenvalue weighted by Crippen LogP contribution is -2.57. The van der Waals surface area contributed by atoms with Gasteiger partial charge in [0, 0.05) is 50.0 Å². The minimum Gasteiger partial charge on any atom is -0.372 e. The fourth-order valence-corrected chi connectivity index (χ4v) is 4.25. The summed E-state index contributed by atoms with van der Waals surface area (Å²) in [4.78, 5) is 5.22. The van der Waals surface area contributed by atoms with Gasteiger partial charge in [-0.3, -0.25) is 4.90 Å². The fourth-order valence-electron chi connectivity index (χ4n) is 4.25. The zero-order valence-electron chi connectivity index (χ0n) is 16.0. The molecule has 0 radical (unpaired) electrons. The summed E-state index contributed by atoms with van der Waals surface area (Å²) >= 11 is 0. The molecule has 0 spiro atoms. The second kappa shape index (κ2) is 7.45. The van der Waals surface area contributed by atoms with Crippen molar-refractivity contribution in [2.45, 2.75) is 58.5 Å². The summed E-state index contributed by atoms with van der Waals surface area (Å²) in [5.74, 6) is 0.878. The van der Waals surface area contributed by atoms with E-state index < -0.39 is 0 Å². The molecule has 134 valence electrons. The molecule has 2 heterocycles. The third kappa shape index (κ3) is 4.52. The van der Waals surface area contributed by atoms with Crippen LogP contribution in [0.4, 0.5) is 5.69 Å². The Kier molecular flexibility index (Phi) is 5.51. The second-order valence-electron chi connectivity index (χ2n) is 8.77. The highest BCUT2D eigenvalue weighted by atomic mass is 15.2. The molecule has 1 aromatic carbocycles. The summed E-state index contributed by atoms with van der Waals surface area (Å²) in [6.07, 6.45) is 4.01. The third-order valence-electron chi connectivity index (χ3n) is 5.80. The molecule has 24 heavy (non-hydrogen) atoms. The molecule has 1 N–H and O–H groups in total. The Balaban J connectivity index is 1.49. The number of piperidine rings is 1. The monoisotopic (exact) mass is 329 g/mol. The van der Waals surface area contributed by atoms with Crippen molar-refractivity contribution in [2.24, 2.45) is 5.92 Å². The topological polar surface area (TPSA) is 18.5 Å². The smallest absolute Gasteiger partial charge is 0.0368 e. The summed E-state index contributed by atoms with van der Waals surface area (Å²) in [5, 5.41) is 3.76. The maximum absolute atomic E-state index is 3.76. The Morgan fingerprint density at radius 2 is 1.88 bits per heavy atom. The van der Waals surface area contributed by atoms with Crippen molar-refractivity contribution in [1.82, 2.24) is 10.2 Å². The van der Waals surface area contributed by atoms with E-state index in [9.17, 15) is 0 Å². The summed E-state index contributed by atoms with van der Waals surface area (Å²) in [7, 11) is 0. The lowest BCUT2D eigenvalue weighted by Gasteiger charge is -2.43. The van der Waals surface area contributed by atoms with E-state index in [-0.39, 0.29) is 0 Å². The molecule has 3 rings (SSSR count). The van der Waals surface area contributed by atoms with E-state index in [2.05, 4.69) is 67.1 Å². The molecule has 1 atom stereocenters. The SMILES string of the molecule is Cc1cccc(N2CCC(CC3CN(C(C)(C)C)CCN3)CC2)c1. The van der Waals surface area contributed by atoms with Gasteiger partial charge in [0.25, 0.3) is 0 Å². The number of hydrogen-bond donors (Lipinski definition) is 1. The van der Waals surface area contributed by atoms with Crippen LogP contribution in [0, 0.1) is 12.8 Å². The predicted octanol–water partition coefficient (Wildman–Crippen LogP) is 3.67. The van der Waals surface area contributed by atoms with Crippen molar-refractivity contribution in [2.75, 3.05) is 37.6 Å². The molecule has 2 aliphatic rings. The number of aryl methyl sites for hydroxylation is 1. The van der Waals surface area contributed by atoms with E-state index in [0.29, 0.717) is 11.6 Å². The van der Waals surface area contributed by atoms with Gasteiger partial charge in [0.05, 0.1) is 0 Å².